The van der Waals surface area contributed by atoms with Crippen LogP contribution in [0.1, 0.15) is 31.7 Å². The number of anilines is 1. The van der Waals surface area contributed by atoms with Crippen LogP contribution in [0.4, 0.5) is 5.69 Å². The minimum Gasteiger partial charge on any atom is -0.325 e. The molecule has 1 unspecified atom stereocenters. The van der Waals surface area contributed by atoms with Crippen LogP contribution in [0.15, 0.2) is 46.1 Å². The molecule has 1 aliphatic rings. The van der Waals surface area contributed by atoms with Crippen molar-refractivity contribution in [3.05, 3.63) is 62.9 Å². The third kappa shape index (κ3) is 4.70. The van der Waals surface area contributed by atoms with Crippen LogP contribution < -0.4 is 16.6 Å². The SMILES string of the molecule is CC1CCCCN1Cc1ccc(NC(=O)Cn2ccc(=O)[nH]c2=O)cc1. The molecule has 3 rings (SSSR count). The zero-order valence-electron chi connectivity index (χ0n) is 14.9. The van der Waals surface area contributed by atoms with Gasteiger partial charge in [0.05, 0.1) is 0 Å². The highest BCUT2D eigenvalue weighted by molar-refractivity contribution is 5.90. The largest absolute Gasteiger partial charge is 0.328 e. The van der Waals surface area contributed by atoms with Crippen molar-refractivity contribution in [2.75, 3.05) is 11.9 Å². The van der Waals surface area contributed by atoms with Gasteiger partial charge in [-0.1, -0.05) is 18.6 Å². The van der Waals surface area contributed by atoms with Crippen LogP contribution in [0.3, 0.4) is 0 Å². The van der Waals surface area contributed by atoms with Crippen LogP contribution in [0.25, 0.3) is 0 Å². The van der Waals surface area contributed by atoms with E-state index in [1.165, 1.54) is 37.1 Å². The van der Waals surface area contributed by atoms with Gasteiger partial charge in [0.15, 0.2) is 0 Å². The lowest BCUT2D eigenvalue weighted by Crippen LogP contribution is -2.36. The normalized spacial score (nSPS) is 17.8. The van der Waals surface area contributed by atoms with Crippen molar-refractivity contribution in [2.45, 2.75) is 45.3 Å². The van der Waals surface area contributed by atoms with Gasteiger partial charge in [0, 0.05) is 30.5 Å². The van der Waals surface area contributed by atoms with Crippen LogP contribution in [0.5, 0.6) is 0 Å². The quantitative estimate of drug-likeness (QED) is 0.851. The fourth-order valence-electron chi connectivity index (χ4n) is 3.24. The van der Waals surface area contributed by atoms with Gasteiger partial charge in [-0.15, -0.1) is 0 Å². The Morgan fingerprint density at radius 2 is 1.96 bits per heavy atom. The molecule has 7 heteroatoms. The molecule has 0 saturated carbocycles. The molecule has 2 aromatic rings. The number of nitrogens with one attached hydrogen (secondary N) is 2. The molecule has 0 bridgehead atoms. The highest BCUT2D eigenvalue weighted by Gasteiger charge is 2.18. The first-order valence-corrected chi connectivity index (χ1v) is 8.94. The predicted octanol–water partition coefficient (Wildman–Crippen LogP) is 1.55. The van der Waals surface area contributed by atoms with Gasteiger partial charge in [-0.05, 0) is 44.0 Å². The topological polar surface area (TPSA) is 87.2 Å². The van der Waals surface area contributed by atoms with E-state index in [1.54, 1.807) is 0 Å². The summed E-state index contributed by atoms with van der Waals surface area (Å²) in [5.41, 5.74) is 0.820. The van der Waals surface area contributed by atoms with Crippen molar-refractivity contribution < 1.29 is 4.79 Å². The zero-order valence-corrected chi connectivity index (χ0v) is 14.9. The first-order chi connectivity index (χ1) is 12.5. The average Bonchev–Trinajstić information content (AvgIpc) is 2.61. The predicted molar refractivity (Wildman–Crippen MR) is 100 cm³/mol. The highest BCUT2D eigenvalue weighted by Crippen LogP contribution is 2.20. The molecule has 138 valence electrons. The van der Waals surface area contributed by atoms with Crippen LogP contribution in [0.2, 0.25) is 0 Å². The maximum absolute atomic E-state index is 12.1. The molecule has 2 heterocycles. The Morgan fingerprint density at radius 1 is 1.19 bits per heavy atom. The van der Waals surface area contributed by atoms with Crippen molar-refractivity contribution >= 4 is 11.6 Å². The van der Waals surface area contributed by atoms with Gasteiger partial charge in [0.2, 0.25) is 5.91 Å². The molecule has 0 spiro atoms. The number of hydrogen-bond donors (Lipinski definition) is 2. The summed E-state index contributed by atoms with van der Waals surface area (Å²) in [7, 11) is 0. The molecular formula is C19H24N4O3. The fraction of sp³-hybridized carbons (Fsp3) is 0.421. The van der Waals surface area contributed by atoms with E-state index in [0.29, 0.717) is 11.7 Å². The van der Waals surface area contributed by atoms with Gasteiger partial charge in [-0.25, -0.2) is 4.79 Å². The lowest BCUT2D eigenvalue weighted by molar-refractivity contribution is -0.116. The zero-order chi connectivity index (χ0) is 18.5. The van der Waals surface area contributed by atoms with Gasteiger partial charge in [0.25, 0.3) is 5.56 Å². The van der Waals surface area contributed by atoms with Gasteiger partial charge < -0.3 is 5.32 Å². The second kappa shape index (κ2) is 8.14. The maximum atomic E-state index is 12.1. The number of benzene rings is 1. The van der Waals surface area contributed by atoms with Crippen LogP contribution >= 0.6 is 0 Å². The number of likely N-dealkylation sites (tertiary alicyclic amines) is 1. The van der Waals surface area contributed by atoms with E-state index in [-0.39, 0.29) is 12.5 Å². The highest BCUT2D eigenvalue weighted by atomic mass is 16.2. The first-order valence-electron chi connectivity index (χ1n) is 8.94. The molecule has 1 saturated heterocycles. The lowest BCUT2D eigenvalue weighted by atomic mass is 10.0. The summed E-state index contributed by atoms with van der Waals surface area (Å²) in [6, 6.07) is 9.60. The number of carbonyl (C=O) groups is 1. The van der Waals surface area contributed by atoms with Crippen molar-refractivity contribution in [1.29, 1.82) is 0 Å². The molecule has 2 N–H and O–H groups in total. The Balaban J connectivity index is 1.57. The van der Waals surface area contributed by atoms with Crippen molar-refractivity contribution in [1.82, 2.24) is 14.5 Å². The molecule has 1 aromatic heterocycles. The summed E-state index contributed by atoms with van der Waals surface area (Å²) in [5, 5.41) is 2.77. The van der Waals surface area contributed by atoms with E-state index in [0.717, 1.165) is 17.7 Å². The Bertz CT molecular complexity index is 869. The number of rotatable bonds is 5. The second-order valence-corrected chi connectivity index (χ2v) is 6.80. The van der Waals surface area contributed by atoms with E-state index < -0.39 is 11.2 Å². The first kappa shape index (κ1) is 18.1. The standard InChI is InChI=1S/C19H24N4O3/c1-14-4-2-3-10-22(14)12-15-5-7-16(8-6-15)20-18(25)13-23-11-9-17(24)21-19(23)26/h5-9,11,14H,2-4,10,12-13H2,1H3,(H,20,25)(H,21,24,26). The van der Waals surface area contributed by atoms with Crippen molar-refractivity contribution in [2.24, 2.45) is 0 Å². The molecule has 7 nitrogen and oxygen atoms in total. The summed E-state index contributed by atoms with van der Waals surface area (Å²) in [6.45, 7) is 4.17. The summed E-state index contributed by atoms with van der Waals surface area (Å²) in [5.74, 6) is -0.323. The Kier molecular flexibility index (Phi) is 5.68. The number of hydrogen-bond acceptors (Lipinski definition) is 4. The third-order valence-corrected chi connectivity index (χ3v) is 4.77. The third-order valence-electron chi connectivity index (χ3n) is 4.77. The van der Waals surface area contributed by atoms with Gasteiger partial charge >= 0.3 is 5.69 Å². The molecule has 1 aliphatic heterocycles. The van der Waals surface area contributed by atoms with Gasteiger partial charge in [0.1, 0.15) is 6.54 Å². The molecule has 0 aliphatic carbocycles. The number of H-pyrrole nitrogens is 1. The Hall–Kier alpha value is -2.67. The number of aromatic nitrogens is 2. The van der Waals surface area contributed by atoms with Gasteiger partial charge in [-0.2, -0.15) is 0 Å². The number of amides is 1. The van der Waals surface area contributed by atoms with Crippen molar-refractivity contribution in [3.8, 4) is 0 Å². The summed E-state index contributed by atoms with van der Waals surface area (Å²) in [4.78, 5) is 39.4. The number of carbonyl (C=O) groups excluding carboxylic acids is 1. The summed E-state index contributed by atoms with van der Waals surface area (Å²) >= 11 is 0. The van der Waals surface area contributed by atoms with E-state index >= 15 is 0 Å². The summed E-state index contributed by atoms with van der Waals surface area (Å²) < 4.78 is 1.16. The van der Waals surface area contributed by atoms with Crippen LogP contribution in [-0.4, -0.2) is 32.9 Å². The lowest BCUT2D eigenvalue weighted by Gasteiger charge is -2.33. The monoisotopic (exact) mass is 356 g/mol. The Labute approximate surface area is 151 Å². The van der Waals surface area contributed by atoms with E-state index in [2.05, 4.69) is 22.1 Å². The number of piperidine rings is 1. The minimum absolute atomic E-state index is 0.150. The Morgan fingerprint density at radius 3 is 2.65 bits per heavy atom. The van der Waals surface area contributed by atoms with Crippen LogP contribution in [0, 0.1) is 0 Å². The molecule has 1 amide bonds. The number of nitrogens with zero attached hydrogens (tertiary/aromatic N) is 2. The molecule has 1 atom stereocenters. The molecule has 26 heavy (non-hydrogen) atoms. The molecule has 1 aromatic carbocycles. The molecular weight excluding hydrogens is 332 g/mol. The van der Waals surface area contributed by atoms with Crippen molar-refractivity contribution in [3.63, 3.8) is 0 Å². The summed E-state index contributed by atoms with van der Waals surface area (Å²) in [6.07, 6.45) is 5.12. The smallest absolute Gasteiger partial charge is 0.325 e. The maximum Gasteiger partial charge on any atom is 0.328 e. The molecule has 1 fully saturated rings. The average molecular weight is 356 g/mol. The van der Waals surface area contributed by atoms with E-state index in [1.807, 2.05) is 24.3 Å². The van der Waals surface area contributed by atoms with E-state index in [4.69, 9.17) is 0 Å². The van der Waals surface area contributed by atoms with E-state index in [9.17, 15) is 14.4 Å². The fourth-order valence-corrected chi connectivity index (χ4v) is 3.24. The van der Waals surface area contributed by atoms with Gasteiger partial charge in [-0.3, -0.25) is 24.0 Å². The number of aromatic amines is 1. The molecule has 0 radical (unpaired) electrons. The van der Waals surface area contributed by atoms with Crippen LogP contribution in [-0.2, 0) is 17.9 Å². The minimum atomic E-state index is -0.598. The second-order valence-electron chi connectivity index (χ2n) is 6.80.